The summed E-state index contributed by atoms with van der Waals surface area (Å²) < 4.78 is 11.3. The van der Waals surface area contributed by atoms with Gasteiger partial charge in [0, 0.05) is 12.7 Å². The molecule has 1 atom stereocenters. The molecule has 1 aromatic carbocycles. The third kappa shape index (κ3) is 5.69. The average Bonchev–Trinajstić information content (AvgIpc) is 3.23. The van der Waals surface area contributed by atoms with E-state index in [-0.39, 0.29) is 11.9 Å². The van der Waals surface area contributed by atoms with Crippen molar-refractivity contribution >= 4 is 5.91 Å². The number of hydrogen-bond acceptors (Lipinski definition) is 5. The van der Waals surface area contributed by atoms with Gasteiger partial charge in [0.05, 0.1) is 24.5 Å². The summed E-state index contributed by atoms with van der Waals surface area (Å²) in [5.41, 5.74) is 7.52. The first-order valence-electron chi connectivity index (χ1n) is 9.29. The molecule has 0 saturated carbocycles. The summed E-state index contributed by atoms with van der Waals surface area (Å²) in [7, 11) is 0. The van der Waals surface area contributed by atoms with Gasteiger partial charge in [0.15, 0.2) is 0 Å². The molecule has 3 rings (SSSR count). The van der Waals surface area contributed by atoms with Crippen LogP contribution in [-0.4, -0.2) is 28.4 Å². The van der Waals surface area contributed by atoms with Crippen LogP contribution >= 0.6 is 0 Å². The van der Waals surface area contributed by atoms with Crippen molar-refractivity contribution in [2.45, 2.75) is 32.5 Å². The molecule has 0 fully saturated rings. The van der Waals surface area contributed by atoms with Crippen LogP contribution in [-0.2, 0) is 24.4 Å². The van der Waals surface area contributed by atoms with Crippen LogP contribution in [0.3, 0.4) is 0 Å². The van der Waals surface area contributed by atoms with Crippen molar-refractivity contribution in [3.63, 3.8) is 0 Å². The van der Waals surface area contributed by atoms with Gasteiger partial charge in [0.1, 0.15) is 18.1 Å². The van der Waals surface area contributed by atoms with E-state index in [1.165, 1.54) is 0 Å². The third-order valence-corrected chi connectivity index (χ3v) is 4.60. The molecule has 0 aliphatic heterocycles. The molecule has 1 unspecified atom stereocenters. The smallest absolute Gasteiger partial charge is 0.234 e. The van der Waals surface area contributed by atoms with Crippen LogP contribution in [0.15, 0.2) is 71.5 Å². The SMILES string of the molecule is CC(C(N)=O)N(CCc1cccc(OCc2ccccn2)c1)Cc1ccco1. The Bertz CT molecular complexity index is 866. The van der Waals surface area contributed by atoms with E-state index in [0.717, 1.165) is 29.2 Å². The summed E-state index contributed by atoms with van der Waals surface area (Å²) in [6.45, 7) is 3.45. The number of furan rings is 1. The molecule has 28 heavy (non-hydrogen) atoms. The zero-order chi connectivity index (χ0) is 19.8. The van der Waals surface area contributed by atoms with Gasteiger partial charge in [-0.3, -0.25) is 14.7 Å². The molecule has 0 aliphatic rings. The minimum atomic E-state index is -0.381. The summed E-state index contributed by atoms with van der Waals surface area (Å²) in [6, 6.07) is 17.1. The number of carbonyl (C=O) groups excluding carboxylic acids is 1. The standard InChI is InChI=1S/C22H25N3O3/c1-17(22(23)26)25(15-21-9-5-13-27-21)12-10-18-6-4-8-20(14-18)28-16-19-7-2-3-11-24-19/h2-9,11,13-14,17H,10,12,15-16H2,1H3,(H2,23,26). The van der Waals surface area contributed by atoms with E-state index >= 15 is 0 Å². The fourth-order valence-corrected chi connectivity index (χ4v) is 2.90. The number of ether oxygens (including phenoxy) is 1. The minimum Gasteiger partial charge on any atom is -0.487 e. The lowest BCUT2D eigenvalue weighted by Gasteiger charge is -2.26. The maximum Gasteiger partial charge on any atom is 0.234 e. The zero-order valence-electron chi connectivity index (χ0n) is 16.0. The maximum absolute atomic E-state index is 11.7. The molecule has 0 spiro atoms. The van der Waals surface area contributed by atoms with Crippen LogP contribution in [0.1, 0.15) is 23.9 Å². The molecule has 0 saturated heterocycles. The number of amides is 1. The van der Waals surface area contributed by atoms with Crippen molar-refractivity contribution in [3.05, 3.63) is 84.1 Å². The zero-order valence-corrected chi connectivity index (χ0v) is 16.0. The predicted octanol–water partition coefficient (Wildman–Crippen LogP) is 3.17. The highest BCUT2D eigenvalue weighted by molar-refractivity contribution is 5.79. The Labute approximate surface area is 164 Å². The van der Waals surface area contributed by atoms with Gasteiger partial charge in [-0.05, 0) is 55.3 Å². The maximum atomic E-state index is 11.7. The molecule has 0 radical (unpaired) electrons. The van der Waals surface area contributed by atoms with Crippen molar-refractivity contribution < 1.29 is 13.9 Å². The average molecular weight is 379 g/mol. The van der Waals surface area contributed by atoms with Gasteiger partial charge < -0.3 is 14.9 Å². The number of pyridine rings is 1. The third-order valence-electron chi connectivity index (χ3n) is 4.60. The van der Waals surface area contributed by atoms with E-state index < -0.39 is 0 Å². The predicted molar refractivity (Wildman–Crippen MR) is 106 cm³/mol. The number of aromatic nitrogens is 1. The normalized spacial score (nSPS) is 12.1. The molecule has 0 aliphatic carbocycles. The van der Waals surface area contributed by atoms with Gasteiger partial charge >= 0.3 is 0 Å². The topological polar surface area (TPSA) is 81.6 Å². The van der Waals surface area contributed by atoms with Gasteiger partial charge in [-0.25, -0.2) is 0 Å². The van der Waals surface area contributed by atoms with Gasteiger partial charge in [-0.1, -0.05) is 18.2 Å². The van der Waals surface area contributed by atoms with Gasteiger partial charge in [-0.15, -0.1) is 0 Å². The van der Waals surface area contributed by atoms with Gasteiger partial charge in [-0.2, -0.15) is 0 Å². The first kappa shape index (κ1) is 19.6. The number of benzene rings is 1. The van der Waals surface area contributed by atoms with Crippen molar-refractivity contribution in [2.24, 2.45) is 5.73 Å². The number of primary amides is 1. The molecule has 146 valence electrons. The summed E-state index contributed by atoms with van der Waals surface area (Å²) in [4.78, 5) is 18.0. The molecule has 2 N–H and O–H groups in total. The number of carbonyl (C=O) groups is 1. The lowest BCUT2D eigenvalue weighted by atomic mass is 10.1. The quantitative estimate of drug-likeness (QED) is 0.585. The molecule has 1 amide bonds. The summed E-state index contributed by atoms with van der Waals surface area (Å²) in [5.74, 6) is 1.25. The Balaban J connectivity index is 1.60. The Kier molecular flexibility index (Phi) is 6.81. The first-order chi connectivity index (χ1) is 13.6. The summed E-state index contributed by atoms with van der Waals surface area (Å²) in [5, 5.41) is 0. The molecular formula is C22H25N3O3. The van der Waals surface area contributed by atoms with E-state index in [4.69, 9.17) is 14.9 Å². The Hall–Kier alpha value is -3.12. The largest absolute Gasteiger partial charge is 0.487 e. The van der Waals surface area contributed by atoms with Crippen LogP contribution in [0.4, 0.5) is 0 Å². The second kappa shape index (κ2) is 9.71. The first-order valence-corrected chi connectivity index (χ1v) is 9.29. The molecule has 3 aromatic rings. The molecular weight excluding hydrogens is 354 g/mol. The Morgan fingerprint density at radius 1 is 1.21 bits per heavy atom. The highest BCUT2D eigenvalue weighted by Gasteiger charge is 2.20. The Morgan fingerprint density at radius 3 is 2.82 bits per heavy atom. The highest BCUT2D eigenvalue weighted by atomic mass is 16.5. The second-order valence-electron chi connectivity index (χ2n) is 6.64. The summed E-state index contributed by atoms with van der Waals surface area (Å²) in [6.07, 6.45) is 4.15. The van der Waals surface area contributed by atoms with E-state index in [1.54, 1.807) is 12.5 Å². The summed E-state index contributed by atoms with van der Waals surface area (Å²) >= 11 is 0. The van der Waals surface area contributed by atoms with Crippen molar-refractivity contribution in [3.8, 4) is 5.75 Å². The fourth-order valence-electron chi connectivity index (χ4n) is 2.90. The number of nitrogens with zero attached hydrogens (tertiary/aromatic N) is 2. The molecule has 2 aromatic heterocycles. The minimum absolute atomic E-state index is 0.348. The molecule has 0 bridgehead atoms. The van der Waals surface area contributed by atoms with Crippen LogP contribution in [0.5, 0.6) is 5.75 Å². The highest BCUT2D eigenvalue weighted by Crippen LogP contribution is 2.17. The van der Waals surface area contributed by atoms with Crippen LogP contribution in [0, 0.1) is 0 Å². The van der Waals surface area contributed by atoms with Crippen LogP contribution < -0.4 is 10.5 Å². The lowest BCUT2D eigenvalue weighted by Crippen LogP contribution is -2.43. The monoisotopic (exact) mass is 379 g/mol. The van der Waals surface area contributed by atoms with E-state index in [0.29, 0.717) is 19.7 Å². The number of hydrogen-bond donors (Lipinski definition) is 1. The second-order valence-corrected chi connectivity index (χ2v) is 6.64. The van der Waals surface area contributed by atoms with E-state index in [1.807, 2.05) is 66.4 Å². The number of nitrogens with two attached hydrogens (primary N) is 1. The Morgan fingerprint density at radius 2 is 2.11 bits per heavy atom. The molecule has 6 nitrogen and oxygen atoms in total. The van der Waals surface area contributed by atoms with E-state index in [2.05, 4.69) is 4.98 Å². The number of rotatable bonds is 10. The molecule has 6 heteroatoms. The van der Waals surface area contributed by atoms with Gasteiger partial charge in [0.2, 0.25) is 5.91 Å². The van der Waals surface area contributed by atoms with Crippen molar-refractivity contribution in [1.29, 1.82) is 0 Å². The van der Waals surface area contributed by atoms with Crippen molar-refractivity contribution in [1.82, 2.24) is 9.88 Å². The lowest BCUT2D eigenvalue weighted by molar-refractivity contribution is -0.122. The van der Waals surface area contributed by atoms with Gasteiger partial charge in [0.25, 0.3) is 0 Å². The van der Waals surface area contributed by atoms with E-state index in [9.17, 15) is 4.79 Å². The molecule has 2 heterocycles. The fraction of sp³-hybridized carbons (Fsp3) is 0.273. The van der Waals surface area contributed by atoms with Crippen molar-refractivity contribution in [2.75, 3.05) is 6.54 Å². The van der Waals surface area contributed by atoms with Crippen LogP contribution in [0.2, 0.25) is 0 Å². The van der Waals surface area contributed by atoms with Crippen LogP contribution in [0.25, 0.3) is 0 Å².